The maximum absolute atomic E-state index is 9.99. The molecule has 172 valence electrons. The number of aryl methyl sites for hydroxylation is 2. The fourth-order valence-electron chi connectivity index (χ4n) is 5.84. The van der Waals surface area contributed by atoms with Crippen LogP contribution in [0.15, 0.2) is 77.3 Å². The Hall–Kier alpha value is -3.90. The Morgan fingerprint density at radius 3 is 2.26 bits per heavy atom. The Morgan fingerprint density at radius 2 is 1.54 bits per heavy atom. The highest BCUT2D eigenvalue weighted by Crippen LogP contribution is 2.42. The smallest absolute Gasteiger partial charge is 0.216 e. The number of aromatic nitrogens is 1. The summed E-state index contributed by atoms with van der Waals surface area (Å²) in [5, 5.41) is 12.1. The minimum Gasteiger partial charge on any atom is -0.454 e. The van der Waals surface area contributed by atoms with E-state index in [1.165, 1.54) is 37.7 Å². The predicted molar refractivity (Wildman–Crippen MR) is 141 cm³/mol. The Kier molecular flexibility index (Phi) is 5.38. The third-order valence-corrected chi connectivity index (χ3v) is 7.73. The van der Waals surface area contributed by atoms with Gasteiger partial charge < -0.3 is 4.42 Å². The number of fused-ring (bicyclic) bond motifs is 3. The van der Waals surface area contributed by atoms with Gasteiger partial charge >= 0.3 is 0 Å². The van der Waals surface area contributed by atoms with Gasteiger partial charge in [0, 0.05) is 28.5 Å². The second-order valence-electron chi connectivity index (χ2n) is 9.87. The number of benzene rings is 3. The van der Waals surface area contributed by atoms with E-state index in [1.54, 1.807) is 0 Å². The zero-order valence-electron chi connectivity index (χ0n) is 20.3. The molecule has 1 fully saturated rings. The molecule has 0 N–H and O–H groups in total. The van der Waals surface area contributed by atoms with Crippen molar-refractivity contribution in [2.45, 2.75) is 44.9 Å². The summed E-state index contributed by atoms with van der Waals surface area (Å²) in [4.78, 5) is 0. The molecule has 0 atom stereocenters. The Morgan fingerprint density at radius 1 is 0.829 bits per heavy atom. The molecule has 2 aromatic heterocycles. The van der Waals surface area contributed by atoms with Gasteiger partial charge in [-0.15, -0.1) is 0 Å². The van der Waals surface area contributed by atoms with E-state index in [9.17, 15) is 5.26 Å². The largest absolute Gasteiger partial charge is 0.454 e. The molecule has 0 saturated heterocycles. The molecule has 6 rings (SSSR count). The van der Waals surface area contributed by atoms with Crippen LogP contribution < -0.4 is 4.57 Å². The first-order valence-electron chi connectivity index (χ1n) is 12.6. The number of nitriles is 1. The van der Waals surface area contributed by atoms with Crippen molar-refractivity contribution in [3.05, 3.63) is 89.6 Å². The van der Waals surface area contributed by atoms with Gasteiger partial charge in [-0.2, -0.15) is 5.26 Å². The lowest BCUT2D eigenvalue weighted by Gasteiger charge is -2.22. The summed E-state index contributed by atoms with van der Waals surface area (Å²) in [5.74, 6) is 0.660. The van der Waals surface area contributed by atoms with E-state index in [0.717, 1.165) is 49.9 Å². The maximum atomic E-state index is 9.99. The minimum atomic E-state index is 0.644. The summed E-state index contributed by atoms with van der Waals surface area (Å²) in [6.07, 6.45) is 8.62. The molecule has 3 aromatic carbocycles. The van der Waals surface area contributed by atoms with Crippen LogP contribution in [0.1, 0.15) is 54.7 Å². The van der Waals surface area contributed by atoms with Crippen LogP contribution in [0.3, 0.4) is 0 Å². The first-order valence-corrected chi connectivity index (χ1v) is 12.6. The van der Waals surface area contributed by atoms with E-state index in [0.29, 0.717) is 11.5 Å². The van der Waals surface area contributed by atoms with Crippen molar-refractivity contribution in [3.63, 3.8) is 0 Å². The van der Waals surface area contributed by atoms with Crippen LogP contribution in [-0.4, -0.2) is 0 Å². The van der Waals surface area contributed by atoms with Crippen molar-refractivity contribution in [1.82, 2.24) is 0 Å². The van der Waals surface area contributed by atoms with Gasteiger partial charge in [0.05, 0.1) is 17.2 Å². The summed E-state index contributed by atoms with van der Waals surface area (Å²) in [6, 6.07) is 25.8. The molecule has 0 unspecified atom stereocenters. The minimum absolute atomic E-state index is 0.644. The van der Waals surface area contributed by atoms with Crippen molar-refractivity contribution >= 4 is 21.9 Å². The van der Waals surface area contributed by atoms with Crippen molar-refractivity contribution in [2.75, 3.05) is 0 Å². The van der Waals surface area contributed by atoms with Crippen molar-refractivity contribution in [3.8, 4) is 28.5 Å². The van der Waals surface area contributed by atoms with E-state index in [1.807, 2.05) is 18.2 Å². The van der Waals surface area contributed by atoms with Gasteiger partial charge in [-0.1, -0.05) is 55.7 Å². The number of furan rings is 1. The summed E-state index contributed by atoms with van der Waals surface area (Å²) in [7, 11) is 2.06. The van der Waals surface area contributed by atoms with Gasteiger partial charge in [0.25, 0.3) is 0 Å². The highest BCUT2D eigenvalue weighted by Gasteiger charge is 2.23. The highest BCUT2D eigenvalue weighted by atomic mass is 16.3. The first-order chi connectivity index (χ1) is 17.2. The Balaban J connectivity index is 1.57. The molecule has 1 aliphatic carbocycles. The second kappa shape index (κ2) is 8.71. The molecular weight excluding hydrogens is 428 g/mol. The van der Waals surface area contributed by atoms with Crippen molar-refractivity contribution < 1.29 is 8.98 Å². The van der Waals surface area contributed by atoms with Crippen LogP contribution in [0, 0.1) is 18.3 Å². The molecule has 0 aliphatic heterocycles. The summed E-state index contributed by atoms with van der Waals surface area (Å²) in [6.45, 7) is 2.13. The average Bonchev–Trinajstić information content (AvgIpc) is 3.28. The van der Waals surface area contributed by atoms with Gasteiger partial charge in [0.1, 0.15) is 18.2 Å². The average molecular weight is 458 g/mol. The third kappa shape index (κ3) is 3.61. The molecule has 1 aliphatic rings. The normalized spacial score (nSPS) is 14.4. The zero-order valence-corrected chi connectivity index (χ0v) is 20.3. The Bertz CT molecular complexity index is 1600. The van der Waals surface area contributed by atoms with Crippen LogP contribution in [0.2, 0.25) is 0 Å². The maximum Gasteiger partial charge on any atom is 0.216 e. The van der Waals surface area contributed by atoms with Crippen LogP contribution >= 0.6 is 0 Å². The Labute approximate surface area is 206 Å². The van der Waals surface area contributed by atoms with Gasteiger partial charge in [-0.05, 0) is 60.6 Å². The lowest BCUT2D eigenvalue weighted by atomic mass is 9.83. The van der Waals surface area contributed by atoms with Crippen LogP contribution in [-0.2, 0) is 7.05 Å². The van der Waals surface area contributed by atoms with Gasteiger partial charge in [-0.3, -0.25) is 0 Å². The molecule has 3 heteroatoms. The van der Waals surface area contributed by atoms with Crippen molar-refractivity contribution in [2.24, 2.45) is 7.05 Å². The third-order valence-electron chi connectivity index (χ3n) is 7.73. The molecule has 3 nitrogen and oxygen atoms in total. The zero-order chi connectivity index (χ0) is 23.9. The SMILES string of the molecule is Cc1ccc2c(oc3c(-c4ccc(C5CCCCC5)cc4)c(C#N)ccc32)c1-c1cccc[n+]1C. The molecule has 2 heterocycles. The quantitative estimate of drug-likeness (QED) is 0.258. The summed E-state index contributed by atoms with van der Waals surface area (Å²) in [5.41, 5.74) is 9.01. The summed E-state index contributed by atoms with van der Waals surface area (Å²) >= 11 is 0. The van der Waals surface area contributed by atoms with Crippen LogP contribution in [0.4, 0.5) is 0 Å². The van der Waals surface area contributed by atoms with E-state index in [-0.39, 0.29) is 0 Å². The molecule has 35 heavy (non-hydrogen) atoms. The monoisotopic (exact) mass is 457 g/mol. The number of rotatable bonds is 3. The van der Waals surface area contributed by atoms with Crippen LogP contribution in [0.5, 0.6) is 0 Å². The predicted octanol–water partition coefficient (Wildman–Crippen LogP) is 7.97. The lowest BCUT2D eigenvalue weighted by Crippen LogP contribution is -2.30. The summed E-state index contributed by atoms with van der Waals surface area (Å²) < 4.78 is 8.81. The molecule has 0 radical (unpaired) electrons. The fourth-order valence-corrected chi connectivity index (χ4v) is 5.84. The van der Waals surface area contributed by atoms with E-state index < -0.39 is 0 Å². The number of hydrogen-bond acceptors (Lipinski definition) is 2. The number of pyridine rings is 1. The van der Waals surface area contributed by atoms with E-state index in [4.69, 9.17) is 4.42 Å². The van der Waals surface area contributed by atoms with Gasteiger partial charge in [0.2, 0.25) is 5.69 Å². The number of hydrogen-bond donors (Lipinski definition) is 0. The van der Waals surface area contributed by atoms with Crippen LogP contribution in [0.25, 0.3) is 44.3 Å². The molecule has 0 bridgehead atoms. The molecule has 1 saturated carbocycles. The standard InChI is InChI=1S/C32H29N2O/c1-21-11-17-26-27-18-16-25(20-33)30(24-14-12-23(13-15-24)22-8-4-3-5-9-22)32(27)35-31(26)29(21)28-10-6-7-19-34(28)2/h6-7,10-19,22H,3-5,8-9H2,1-2H3/q+1. The van der Waals surface area contributed by atoms with Gasteiger partial charge in [0.15, 0.2) is 6.20 Å². The highest BCUT2D eigenvalue weighted by molar-refractivity contribution is 6.13. The molecule has 0 spiro atoms. The first kappa shape index (κ1) is 21.6. The molecular formula is C32H29N2O+. The molecule has 0 amide bonds. The topological polar surface area (TPSA) is 40.8 Å². The lowest BCUT2D eigenvalue weighted by molar-refractivity contribution is -0.660. The van der Waals surface area contributed by atoms with Gasteiger partial charge in [-0.25, -0.2) is 4.57 Å². The second-order valence-corrected chi connectivity index (χ2v) is 9.87. The molecule has 5 aromatic rings. The van der Waals surface area contributed by atoms with E-state index >= 15 is 0 Å². The fraction of sp³-hybridized carbons (Fsp3) is 0.250. The number of nitrogens with zero attached hydrogens (tertiary/aromatic N) is 2. The van der Waals surface area contributed by atoms with Crippen molar-refractivity contribution in [1.29, 1.82) is 5.26 Å². The van der Waals surface area contributed by atoms with E-state index in [2.05, 4.69) is 79.3 Å².